The minimum atomic E-state index is 0.756. The molecular formula is C11H13BrN4. The lowest BCUT2D eigenvalue weighted by Crippen LogP contribution is -2.03. The smallest absolute Gasteiger partial charge is 0.126 e. The summed E-state index contributed by atoms with van der Waals surface area (Å²) in [6.07, 6.45) is 5.55. The zero-order valence-electron chi connectivity index (χ0n) is 9.02. The van der Waals surface area contributed by atoms with Crippen molar-refractivity contribution >= 4 is 21.7 Å². The van der Waals surface area contributed by atoms with Crippen LogP contribution >= 0.6 is 15.9 Å². The van der Waals surface area contributed by atoms with Gasteiger partial charge in [-0.25, -0.2) is 4.98 Å². The maximum atomic E-state index is 4.23. The van der Waals surface area contributed by atoms with Gasteiger partial charge in [-0.2, -0.15) is 5.10 Å². The van der Waals surface area contributed by atoms with E-state index in [1.165, 1.54) is 5.56 Å². The molecule has 0 atom stereocenters. The quantitative estimate of drug-likeness (QED) is 0.936. The standard InChI is InChI=1S/C11H13BrN4/c1-2-13-11-5-9(3-4-14-11)7-16-8-10(12)6-15-16/h3-6,8H,2,7H2,1H3,(H,13,14). The van der Waals surface area contributed by atoms with Crippen molar-refractivity contribution in [2.75, 3.05) is 11.9 Å². The number of aromatic nitrogens is 3. The monoisotopic (exact) mass is 280 g/mol. The van der Waals surface area contributed by atoms with Gasteiger partial charge >= 0.3 is 0 Å². The van der Waals surface area contributed by atoms with Gasteiger partial charge in [0.05, 0.1) is 17.2 Å². The van der Waals surface area contributed by atoms with E-state index in [-0.39, 0.29) is 0 Å². The molecule has 4 nitrogen and oxygen atoms in total. The summed E-state index contributed by atoms with van der Waals surface area (Å²) >= 11 is 3.38. The molecule has 0 saturated carbocycles. The van der Waals surface area contributed by atoms with Crippen LogP contribution in [0.3, 0.4) is 0 Å². The highest BCUT2D eigenvalue weighted by molar-refractivity contribution is 9.10. The molecule has 0 unspecified atom stereocenters. The summed E-state index contributed by atoms with van der Waals surface area (Å²) in [5, 5.41) is 7.40. The van der Waals surface area contributed by atoms with E-state index in [9.17, 15) is 0 Å². The predicted octanol–water partition coefficient (Wildman–Crippen LogP) is 2.52. The average molecular weight is 281 g/mol. The second-order valence-corrected chi connectivity index (χ2v) is 4.35. The molecule has 0 aromatic carbocycles. The second-order valence-electron chi connectivity index (χ2n) is 3.44. The highest BCUT2D eigenvalue weighted by Gasteiger charge is 1.99. The molecule has 1 N–H and O–H groups in total. The number of rotatable bonds is 4. The van der Waals surface area contributed by atoms with Gasteiger partial charge in [0.15, 0.2) is 0 Å². The Labute approximate surface area is 103 Å². The Morgan fingerprint density at radius 3 is 3.06 bits per heavy atom. The zero-order chi connectivity index (χ0) is 11.4. The second kappa shape index (κ2) is 5.12. The summed E-state index contributed by atoms with van der Waals surface area (Å²) < 4.78 is 2.88. The Morgan fingerprint density at radius 2 is 2.38 bits per heavy atom. The van der Waals surface area contributed by atoms with E-state index in [2.05, 4.69) is 38.3 Å². The van der Waals surface area contributed by atoms with Crippen molar-refractivity contribution in [3.63, 3.8) is 0 Å². The van der Waals surface area contributed by atoms with E-state index in [0.29, 0.717) is 0 Å². The van der Waals surface area contributed by atoms with Crippen LogP contribution in [0.2, 0.25) is 0 Å². The van der Waals surface area contributed by atoms with Gasteiger partial charge < -0.3 is 5.32 Å². The van der Waals surface area contributed by atoms with Crippen molar-refractivity contribution in [2.45, 2.75) is 13.5 Å². The molecular weight excluding hydrogens is 268 g/mol. The lowest BCUT2D eigenvalue weighted by Gasteiger charge is -2.05. The fourth-order valence-electron chi connectivity index (χ4n) is 1.46. The number of halogens is 1. The number of pyridine rings is 1. The summed E-state index contributed by atoms with van der Waals surface area (Å²) in [7, 11) is 0. The van der Waals surface area contributed by atoms with Gasteiger partial charge in [0.1, 0.15) is 5.82 Å². The van der Waals surface area contributed by atoms with Crippen LogP contribution in [0.1, 0.15) is 12.5 Å². The van der Waals surface area contributed by atoms with Crippen molar-refractivity contribution < 1.29 is 0 Å². The largest absolute Gasteiger partial charge is 0.370 e. The van der Waals surface area contributed by atoms with Gasteiger partial charge in [-0.3, -0.25) is 4.68 Å². The van der Waals surface area contributed by atoms with Crippen molar-refractivity contribution in [1.29, 1.82) is 0 Å². The van der Waals surface area contributed by atoms with Crippen molar-refractivity contribution in [3.05, 3.63) is 40.8 Å². The number of hydrogen-bond donors (Lipinski definition) is 1. The first kappa shape index (κ1) is 11.1. The number of nitrogens with zero attached hydrogens (tertiary/aromatic N) is 3. The van der Waals surface area contributed by atoms with Crippen molar-refractivity contribution in [3.8, 4) is 0 Å². The maximum Gasteiger partial charge on any atom is 0.126 e. The molecule has 5 heteroatoms. The van der Waals surface area contributed by atoms with Crippen LogP contribution in [-0.4, -0.2) is 21.3 Å². The predicted molar refractivity (Wildman–Crippen MR) is 67.4 cm³/mol. The summed E-state index contributed by atoms with van der Waals surface area (Å²) in [6, 6.07) is 4.04. The Kier molecular flexibility index (Phi) is 3.56. The van der Waals surface area contributed by atoms with Crippen LogP contribution in [0.25, 0.3) is 0 Å². The Hall–Kier alpha value is -1.36. The Bertz CT molecular complexity index is 467. The molecule has 0 aliphatic carbocycles. The van der Waals surface area contributed by atoms with Crippen LogP contribution in [0.15, 0.2) is 35.2 Å². The van der Waals surface area contributed by atoms with Gasteiger partial charge in [0.2, 0.25) is 0 Å². The maximum absolute atomic E-state index is 4.23. The molecule has 0 fully saturated rings. The molecule has 0 saturated heterocycles. The highest BCUT2D eigenvalue weighted by atomic mass is 79.9. The van der Waals surface area contributed by atoms with Crippen molar-refractivity contribution in [1.82, 2.24) is 14.8 Å². The molecule has 0 bridgehead atoms. The van der Waals surface area contributed by atoms with E-state index in [0.717, 1.165) is 23.4 Å². The minimum Gasteiger partial charge on any atom is -0.370 e. The number of hydrogen-bond acceptors (Lipinski definition) is 3. The van der Waals surface area contributed by atoms with Crippen LogP contribution in [-0.2, 0) is 6.54 Å². The molecule has 2 heterocycles. The van der Waals surface area contributed by atoms with E-state index >= 15 is 0 Å². The van der Waals surface area contributed by atoms with Crippen LogP contribution < -0.4 is 5.32 Å². The third-order valence-corrected chi connectivity index (χ3v) is 2.54. The van der Waals surface area contributed by atoms with Gasteiger partial charge in [-0.05, 0) is 40.5 Å². The third-order valence-electron chi connectivity index (χ3n) is 2.13. The number of anilines is 1. The van der Waals surface area contributed by atoms with E-state index in [1.807, 2.05) is 29.2 Å². The van der Waals surface area contributed by atoms with Crippen molar-refractivity contribution in [2.24, 2.45) is 0 Å². The van der Waals surface area contributed by atoms with E-state index < -0.39 is 0 Å². The van der Waals surface area contributed by atoms with Gasteiger partial charge in [-0.15, -0.1) is 0 Å². The van der Waals surface area contributed by atoms with Crippen LogP contribution in [0.4, 0.5) is 5.82 Å². The molecule has 0 radical (unpaired) electrons. The molecule has 2 rings (SSSR count). The Balaban J connectivity index is 2.12. The fourth-order valence-corrected chi connectivity index (χ4v) is 1.79. The molecule has 0 aliphatic rings. The molecule has 2 aromatic heterocycles. The van der Waals surface area contributed by atoms with Crippen LogP contribution in [0, 0.1) is 0 Å². The molecule has 2 aromatic rings. The molecule has 16 heavy (non-hydrogen) atoms. The minimum absolute atomic E-state index is 0.756. The summed E-state index contributed by atoms with van der Waals surface area (Å²) in [5.74, 6) is 0.909. The summed E-state index contributed by atoms with van der Waals surface area (Å²) in [5.41, 5.74) is 1.18. The normalized spacial score (nSPS) is 10.4. The highest BCUT2D eigenvalue weighted by Crippen LogP contribution is 2.11. The average Bonchev–Trinajstić information content (AvgIpc) is 2.65. The summed E-state index contributed by atoms with van der Waals surface area (Å²) in [4.78, 5) is 4.23. The van der Waals surface area contributed by atoms with Gasteiger partial charge in [0, 0.05) is 18.9 Å². The first-order valence-corrected chi connectivity index (χ1v) is 5.94. The Morgan fingerprint density at radius 1 is 1.50 bits per heavy atom. The summed E-state index contributed by atoms with van der Waals surface area (Å²) in [6.45, 7) is 3.69. The fraction of sp³-hybridized carbons (Fsp3) is 0.273. The first-order valence-electron chi connectivity index (χ1n) is 5.14. The molecule has 0 aliphatic heterocycles. The van der Waals surface area contributed by atoms with Gasteiger partial charge in [0.25, 0.3) is 0 Å². The molecule has 84 valence electrons. The number of nitrogens with one attached hydrogen (secondary N) is 1. The molecule has 0 spiro atoms. The van der Waals surface area contributed by atoms with E-state index in [1.54, 1.807) is 6.20 Å². The topological polar surface area (TPSA) is 42.7 Å². The SMILES string of the molecule is CCNc1cc(Cn2cc(Br)cn2)ccn1. The first-order chi connectivity index (χ1) is 7.78. The third kappa shape index (κ3) is 2.82. The lowest BCUT2D eigenvalue weighted by atomic mass is 10.2. The molecule has 0 amide bonds. The zero-order valence-corrected chi connectivity index (χ0v) is 10.6. The van der Waals surface area contributed by atoms with E-state index in [4.69, 9.17) is 0 Å². The van der Waals surface area contributed by atoms with Crippen LogP contribution in [0.5, 0.6) is 0 Å². The lowest BCUT2D eigenvalue weighted by molar-refractivity contribution is 0.686. The van der Waals surface area contributed by atoms with Gasteiger partial charge in [-0.1, -0.05) is 0 Å².